The van der Waals surface area contributed by atoms with Crippen molar-refractivity contribution in [1.82, 2.24) is 10.6 Å². The van der Waals surface area contributed by atoms with Crippen molar-refractivity contribution < 1.29 is 0 Å². The van der Waals surface area contributed by atoms with Crippen LogP contribution >= 0.6 is 51.2 Å². The molecular formula is C10H13BrIN3S. The smallest absolute Gasteiger partial charge is 0.192 e. The molecule has 1 rings (SSSR count). The number of guanidine groups is 1. The van der Waals surface area contributed by atoms with E-state index in [-0.39, 0.29) is 24.0 Å². The summed E-state index contributed by atoms with van der Waals surface area (Å²) in [5, 5.41) is 8.21. The van der Waals surface area contributed by atoms with E-state index in [1.165, 1.54) is 4.88 Å². The summed E-state index contributed by atoms with van der Waals surface area (Å²) in [6.07, 6.45) is 5.14. The van der Waals surface area contributed by atoms with E-state index in [4.69, 9.17) is 6.42 Å². The van der Waals surface area contributed by atoms with Crippen molar-refractivity contribution in [2.75, 3.05) is 13.6 Å². The summed E-state index contributed by atoms with van der Waals surface area (Å²) < 4.78 is 1.11. The predicted octanol–water partition coefficient (Wildman–Crippen LogP) is 2.43. The van der Waals surface area contributed by atoms with Crippen molar-refractivity contribution in [2.24, 2.45) is 4.99 Å². The maximum Gasteiger partial charge on any atom is 0.192 e. The van der Waals surface area contributed by atoms with Crippen molar-refractivity contribution in [3.63, 3.8) is 0 Å². The highest BCUT2D eigenvalue weighted by Gasteiger charge is 1.99. The SMILES string of the molecule is C#CCNC(=NC)NCc1cc(Br)cs1.I. The Balaban J connectivity index is 0.00000225. The van der Waals surface area contributed by atoms with Gasteiger partial charge in [-0.25, -0.2) is 0 Å². The molecule has 0 bridgehead atoms. The Morgan fingerprint density at radius 1 is 1.62 bits per heavy atom. The lowest BCUT2D eigenvalue weighted by Crippen LogP contribution is -2.36. The Bertz CT molecular complexity index is 384. The predicted molar refractivity (Wildman–Crippen MR) is 84.5 cm³/mol. The number of hydrogen-bond donors (Lipinski definition) is 2. The fourth-order valence-electron chi connectivity index (χ4n) is 0.973. The molecule has 1 aromatic rings. The minimum absolute atomic E-state index is 0. The van der Waals surface area contributed by atoms with Gasteiger partial charge in [0.25, 0.3) is 0 Å². The zero-order valence-electron chi connectivity index (χ0n) is 8.79. The van der Waals surface area contributed by atoms with E-state index in [1.54, 1.807) is 18.4 Å². The molecule has 88 valence electrons. The van der Waals surface area contributed by atoms with E-state index < -0.39 is 0 Å². The van der Waals surface area contributed by atoms with Gasteiger partial charge in [-0.05, 0) is 22.0 Å². The summed E-state index contributed by atoms with van der Waals surface area (Å²) in [6, 6.07) is 2.08. The lowest BCUT2D eigenvalue weighted by molar-refractivity contribution is 0.862. The average molecular weight is 414 g/mol. The molecule has 0 amide bonds. The van der Waals surface area contributed by atoms with Crippen LogP contribution in [0, 0.1) is 12.3 Å². The van der Waals surface area contributed by atoms with Crippen molar-refractivity contribution in [3.05, 3.63) is 20.8 Å². The van der Waals surface area contributed by atoms with E-state index in [2.05, 4.69) is 48.9 Å². The van der Waals surface area contributed by atoms with Gasteiger partial charge in [-0.2, -0.15) is 0 Å². The van der Waals surface area contributed by atoms with Crippen LogP contribution in [0.3, 0.4) is 0 Å². The summed E-state index contributed by atoms with van der Waals surface area (Å²) in [4.78, 5) is 5.28. The van der Waals surface area contributed by atoms with Crippen LogP contribution in [-0.4, -0.2) is 19.6 Å². The first kappa shape index (κ1) is 15.7. The maximum atomic E-state index is 5.14. The molecule has 0 aliphatic rings. The second kappa shape index (κ2) is 8.84. The molecule has 6 heteroatoms. The van der Waals surface area contributed by atoms with Crippen LogP contribution in [0.15, 0.2) is 20.9 Å². The molecule has 16 heavy (non-hydrogen) atoms. The molecule has 1 heterocycles. The molecule has 3 nitrogen and oxygen atoms in total. The van der Waals surface area contributed by atoms with Crippen LogP contribution in [-0.2, 0) is 6.54 Å². The molecule has 0 fully saturated rings. The van der Waals surface area contributed by atoms with Crippen LogP contribution in [0.2, 0.25) is 0 Å². The van der Waals surface area contributed by atoms with Crippen molar-refractivity contribution in [2.45, 2.75) is 6.54 Å². The van der Waals surface area contributed by atoms with Gasteiger partial charge in [0, 0.05) is 21.8 Å². The Morgan fingerprint density at radius 2 is 2.38 bits per heavy atom. The van der Waals surface area contributed by atoms with E-state index in [0.29, 0.717) is 6.54 Å². The highest BCUT2D eigenvalue weighted by Crippen LogP contribution is 2.19. The summed E-state index contributed by atoms with van der Waals surface area (Å²) in [6.45, 7) is 1.23. The number of nitrogens with one attached hydrogen (secondary N) is 2. The van der Waals surface area contributed by atoms with E-state index in [9.17, 15) is 0 Å². The molecule has 0 aliphatic carbocycles. The van der Waals surface area contributed by atoms with Crippen LogP contribution in [0.25, 0.3) is 0 Å². The molecular weight excluding hydrogens is 401 g/mol. The molecule has 0 spiro atoms. The molecule has 0 saturated heterocycles. The lowest BCUT2D eigenvalue weighted by Gasteiger charge is -2.08. The topological polar surface area (TPSA) is 36.4 Å². The van der Waals surface area contributed by atoms with Gasteiger partial charge in [0.2, 0.25) is 0 Å². The molecule has 0 aromatic carbocycles. The number of halogens is 2. The average Bonchev–Trinajstić information content (AvgIpc) is 2.65. The molecule has 0 unspecified atom stereocenters. The minimum atomic E-state index is 0. The number of terminal acetylenes is 1. The van der Waals surface area contributed by atoms with Gasteiger partial charge in [0.15, 0.2) is 5.96 Å². The Hall–Kier alpha value is -0.260. The third-order valence-electron chi connectivity index (χ3n) is 1.63. The zero-order valence-corrected chi connectivity index (χ0v) is 13.5. The monoisotopic (exact) mass is 413 g/mol. The lowest BCUT2D eigenvalue weighted by atomic mass is 10.4. The summed E-state index contributed by atoms with van der Waals surface area (Å²) in [5.74, 6) is 3.22. The highest BCUT2D eigenvalue weighted by atomic mass is 127. The van der Waals surface area contributed by atoms with Gasteiger partial charge in [0.1, 0.15) is 0 Å². The van der Waals surface area contributed by atoms with Gasteiger partial charge in [0.05, 0.1) is 13.1 Å². The van der Waals surface area contributed by atoms with E-state index in [1.807, 2.05) is 0 Å². The first-order chi connectivity index (χ1) is 7.26. The fourth-order valence-corrected chi connectivity index (χ4v) is 2.36. The van der Waals surface area contributed by atoms with Gasteiger partial charge in [-0.15, -0.1) is 41.7 Å². The fraction of sp³-hybridized carbons (Fsp3) is 0.300. The zero-order chi connectivity index (χ0) is 11.1. The Kier molecular flexibility index (Phi) is 8.70. The molecule has 1 aromatic heterocycles. The van der Waals surface area contributed by atoms with Gasteiger partial charge >= 0.3 is 0 Å². The number of thiophene rings is 1. The number of hydrogen-bond acceptors (Lipinski definition) is 2. The molecule has 0 radical (unpaired) electrons. The van der Waals surface area contributed by atoms with Crippen LogP contribution in [0.5, 0.6) is 0 Å². The number of aliphatic imine (C=N–C) groups is 1. The Morgan fingerprint density at radius 3 is 2.88 bits per heavy atom. The normalized spacial score (nSPS) is 10.2. The maximum absolute atomic E-state index is 5.14. The quantitative estimate of drug-likeness (QED) is 0.345. The molecule has 0 aliphatic heterocycles. The first-order valence-electron chi connectivity index (χ1n) is 4.37. The Labute approximate surface area is 125 Å². The largest absolute Gasteiger partial charge is 0.352 e. The van der Waals surface area contributed by atoms with Gasteiger partial charge in [-0.3, -0.25) is 4.99 Å². The third kappa shape index (κ3) is 5.72. The van der Waals surface area contributed by atoms with Crippen LogP contribution in [0.1, 0.15) is 4.88 Å². The second-order valence-electron chi connectivity index (χ2n) is 2.71. The second-order valence-corrected chi connectivity index (χ2v) is 4.63. The summed E-state index contributed by atoms with van der Waals surface area (Å²) in [7, 11) is 1.72. The highest BCUT2D eigenvalue weighted by molar-refractivity contribution is 14.0. The number of rotatable bonds is 3. The molecule has 2 N–H and O–H groups in total. The molecule has 0 atom stereocenters. The first-order valence-corrected chi connectivity index (χ1v) is 6.04. The van der Waals surface area contributed by atoms with Crippen molar-refractivity contribution >= 4 is 57.2 Å². The van der Waals surface area contributed by atoms with E-state index in [0.717, 1.165) is 17.0 Å². The number of nitrogens with zero attached hydrogens (tertiary/aromatic N) is 1. The third-order valence-corrected chi connectivity index (χ3v) is 3.33. The van der Waals surface area contributed by atoms with Crippen LogP contribution < -0.4 is 10.6 Å². The standard InChI is InChI=1S/C10H12BrN3S.HI/c1-3-4-13-10(12-2)14-6-9-5-8(11)7-15-9;/h1,5,7H,4,6H2,2H3,(H2,12,13,14);1H. The summed E-state index contributed by atoms with van der Waals surface area (Å²) >= 11 is 5.10. The van der Waals surface area contributed by atoms with Crippen molar-refractivity contribution in [3.8, 4) is 12.3 Å². The van der Waals surface area contributed by atoms with Crippen LogP contribution in [0.4, 0.5) is 0 Å². The molecule has 0 saturated carbocycles. The van der Waals surface area contributed by atoms with Crippen molar-refractivity contribution in [1.29, 1.82) is 0 Å². The van der Waals surface area contributed by atoms with Gasteiger partial charge < -0.3 is 10.6 Å². The van der Waals surface area contributed by atoms with E-state index >= 15 is 0 Å². The minimum Gasteiger partial charge on any atom is -0.352 e. The van der Waals surface area contributed by atoms with Gasteiger partial charge in [-0.1, -0.05) is 5.92 Å². The summed E-state index contributed by atoms with van der Waals surface area (Å²) in [5.41, 5.74) is 0.